The third kappa shape index (κ3) is 5.71. The molecule has 1 saturated heterocycles. The highest BCUT2D eigenvalue weighted by Crippen LogP contribution is 2.23. The standard InChI is InChI=1S/C19H29N7O5/c1-3-4-5-6-11(27)20-7-12(28)25-13-10(2)31-19(16(30)15(13)29)26-18-14-17(22-8-21-14)23-9-24-18/h8-10,13-16,19,29-30H,3-7H2,1-2H3,(H,20,27)(H,25,28)(H,21,22,23,24,26). The molecule has 0 spiro atoms. The predicted molar refractivity (Wildman–Crippen MR) is 114 cm³/mol. The maximum absolute atomic E-state index is 12.2. The number of aliphatic hydroxyl groups excluding tert-OH is 2. The van der Waals surface area contributed by atoms with Crippen molar-refractivity contribution in [3.8, 4) is 0 Å². The van der Waals surface area contributed by atoms with Crippen LogP contribution in [0.1, 0.15) is 39.5 Å². The van der Waals surface area contributed by atoms with Gasteiger partial charge in [0.2, 0.25) is 11.8 Å². The van der Waals surface area contributed by atoms with Gasteiger partial charge in [-0.1, -0.05) is 19.8 Å². The monoisotopic (exact) mass is 435 g/mol. The van der Waals surface area contributed by atoms with Crippen LogP contribution < -0.4 is 16.0 Å². The van der Waals surface area contributed by atoms with Gasteiger partial charge in [0, 0.05) is 6.42 Å². The number of ether oxygens (including phenoxy) is 1. The zero-order valence-corrected chi connectivity index (χ0v) is 17.6. The highest BCUT2D eigenvalue weighted by Gasteiger charge is 2.44. The van der Waals surface area contributed by atoms with Gasteiger partial charge in [-0.3, -0.25) is 14.6 Å². The minimum atomic E-state index is -1.39. The van der Waals surface area contributed by atoms with Crippen molar-refractivity contribution >= 4 is 36.2 Å². The van der Waals surface area contributed by atoms with Crippen molar-refractivity contribution in [2.45, 2.75) is 76.2 Å². The van der Waals surface area contributed by atoms with Gasteiger partial charge in [-0.15, -0.1) is 0 Å². The molecule has 31 heavy (non-hydrogen) atoms. The first-order valence-electron chi connectivity index (χ1n) is 10.4. The number of carbonyl (C=O) groups is 2. The van der Waals surface area contributed by atoms with Gasteiger partial charge in [0.05, 0.1) is 25.0 Å². The second-order valence-corrected chi connectivity index (χ2v) is 7.61. The lowest BCUT2D eigenvalue weighted by atomic mass is 9.96. The normalized spacial score (nSPS) is 32.9. The van der Waals surface area contributed by atoms with Crippen molar-refractivity contribution in [2.75, 3.05) is 6.54 Å². The molecule has 0 aliphatic carbocycles. The third-order valence-electron chi connectivity index (χ3n) is 5.24. The molecule has 5 N–H and O–H groups in total. The molecule has 0 radical (unpaired) electrons. The fourth-order valence-electron chi connectivity index (χ4n) is 3.47. The third-order valence-corrected chi connectivity index (χ3v) is 5.24. The largest absolute Gasteiger partial charge is 0.388 e. The maximum atomic E-state index is 12.2. The van der Waals surface area contributed by atoms with Gasteiger partial charge in [-0.2, -0.15) is 0 Å². The molecule has 3 aliphatic rings. The summed E-state index contributed by atoms with van der Waals surface area (Å²) in [5.41, 5.74) is 0. The molecule has 6 atom stereocenters. The topological polar surface area (TPSA) is 169 Å². The molecule has 170 valence electrons. The fourth-order valence-corrected chi connectivity index (χ4v) is 3.47. The van der Waals surface area contributed by atoms with Crippen LogP contribution >= 0.6 is 0 Å². The van der Waals surface area contributed by atoms with E-state index in [2.05, 4.69) is 35.9 Å². The minimum absolute atomic E-state index is 0.201. The molecule has 0 saturated carbocycles. The van der Waals surface area contributed by atoms with Crippen molar-refractivity contribution in [3.05, 3.63) is 0 Å². The van der Waals surface area contributed by atoms with Crippen LogP contribution in [0.3, 0.4) is 0 Å². The number of fused-ring (bicyclic) bond motifs is 1. The van der Waals surface area contributed by atoms with Crippen LogP contribution in [0.15, 0.2) is 20.0 Å². The van der Waals surface area contributed by atoms with Gasteiger partial charge >= 0.3 is 0 Å². The number of hydrogen-bond acceptors (Lipinski definition) is 9. The van der Waals surface area contributed by atoms with Crippen LogP contribution in [-0.4, -0.2) is 89.5 Å². The maximum Gasteiger partial charge on any atom is 0.239 e. The number of aliphatic imine (C=N–C) groups is 4. The first-order chi connectivity index (χ1) is 14.9. The van der Waals surface area contributed by atoms with E-state index in [-0.39, 0.29) is 12.5 Å². The molecule has 0 aromatic rings. The molecule has 0 bridgehead atoms. The lowest BCUT2D eigenvalue weighted by molar-refractivity contribution is -0.178. The van der Waals surface area contributed by atoms with Gasteiger partial charge in [-0.05, 0) is 13.3 Å². The molecule has 3 rings (SSSR count). The van der Waals surface area contributed by atoms with Crippen LogP contribution in [0.5, 0.6) is 0 Å². The smallest absolute Gasteiger partial charge is 0.239 e. The molecule has 12 nitrogen and oxygen atoms in total. The number of nitrogens with one attached hydrogen (secondary N) is 3. The van der Waals surface area contributed by atoms with E-state index < -0.39 is 42.5 Å². The summed E-state index contributed by atoms with van der Waals surface area (Å²) >= 11 is 0. The van der Waals surface area contributed by atoms with E-state index in [9.17, 15) is 19.8 Å². The Morgan fingerprint density at radius 1 is 1.26 bits per heavy atom. The van der Waals surface area contributed by atoms with Crippen LogP contribution in [0.4, 0.5) is 0 Å². The number of rotatable bonds is 8. The predicted octanol–water partition coefficient (Wildman–Crippen LogP) is -1.53. The Kier molecular flexibility index (Phi) is 7.82. The van der Waals surface area contributed by atoms with E-state index in [1.54, 1.807) is 6.92 Å². The molecule has 3 aliphatic heterocycles. The zero-order valence-electron chi connectivity index (χ0n) is 17.6. The van der Waals surface area contributed by atoms with Gasteiger partial charge in [0.1, 0.15) is 24.4 Å². The molecule has 1 fully saturated rings. The lowest BCUT2D eigenvalue weighted by Crippen LogP contribution is -2.63. The molecule has 2 amide bonds. The Labute approximate surface area is 180 Å². The SMILES string of the molecule is CCCCCC(=O)NCC(=O)NC1C(C)OC(/N=C2\N=CNC3=NC=NC32)C(O)C1O. The Hall–Kier alpha value is -2.70. The average Bonchev–Trinajstić information content (AvgIpc) is 3.23. The Balaban J connectivity index is 1.54. The Morgan fingerprint density at radius 2 is 2.06 bits per heavy atom. The van der Waals surface area contributed by atoms with Crippen LogP contribution in [0.2, 0.25) is 0 Å². The summed E-state index contributed by atoms with van der Waals surface area (Å²) in [6, 6.07) is -1.37. The quantitative estimate of drug-likeness (QED) is 0.290. The Morgan fingerprint density at radius 3 is 2.84 bits per heavy atom. The van der Waals surface area contributed by atoms with Gasteiger partial charge in [0.25, 0.3) is 0 Å². The summed E-state index contributed by atoms with van der Waals surface area (Å²) in [5.74, 6) is 0.176. The van der Waals surface area contributed by atoms with E-state index in [1.807, 2.05) is 6.92 Å². The van der Waals surface area contributed by atoms with Crippen LogP contribution in [0.25, 0.3) is 0 Å². The number of hydrogen-bond donors (Lipinski definition) is 5. The first-order valence-corrected chi connectivity index (χ1v) is 10.4. The highest BCUT2D eigenvalue weighted by molar-refractivity contribution is 6.21. The second-order valence-electron chi connectivity index (χ2n) is 7.61. The molecule has 0 aromatic heterocycles. The molecule has 0 aromatic carbocycles. The molecule has 6 unspecified atom stereocenters. The zero-order chi connectivity index (χ0) is 22.4. The van der Waals surface area contributed by atoms with Crippen molar-refractivity contribution in [2.24, 2.45) is 20.0 Å². The van der Waals surface area contributed by atoms with Crippen molar-refractivity contribution < 1.29 is 24.5 Å². The second kappa shape index (κ2) is 10.6. The van der Waals surface area contributed by atoms with Crippen molar-refractivity contribution in [3.63, 3.8) is 0 Å². The van der Waals surface area contributed by atoms with E-state index in [0.29, 0.717) is 18.1 Å². The summed E-state index contributed by atoms with van der Waals surface area (Å²) in [5, 5.41) is 29.1. The number of amides is 2. The van der Waals surface area contributed by atoms with Gasteiger partial charge in [-0.25, -0.2) is 15.0 Å². The molecular formula is C19H29N7O5. The van der Waals surface area contributed by atoms with Crippen molar-refractivity contribution in [1.29, 1.82) is 0 Å². The highest BCUT2D eigenvalue weighted by atomic mass is 16.5. The van der Waals surface area contributed by atoms with E-state index in [1.165, 1.54) is 12.7 Å². The summed E-state index contributed by atoms with van der Waals surface area (Å²) in [6.07, 6.45) is 1.44. The minimum Gasteiger partial charge on any atom is -0.388 e. The van der Waals surface area contributed by atoms with E-state index in [4.69, 9.17) is 4.74 Å². The van der Waals surface area contributed by atoms with Crippen LogP contribution in [-0.2, 0) is 14.3 Å². The molecule has 12 heteroatoms. The summed E-state index contributed by atoms with van der Waals surface area (Å²) < 4.78 is 5.74. The van der Waals surface area contributed by atoms with Crippen molar-refractivity contribution in [1.82, 2.24) is 16.0 Å². The van der Waals surface area contributed by atoms with Gasteiger partial charge < -0.3 is 30.9 Å². The summed E-state index contributed by atoms with van der Waals surface area (Å²) in [6.45, 7) is 3.48. The number of amidine groups is 2. The summed E-state index contributed by atoms with van der Waals surface area (Å²) in [7, 11) is 0. The van der Waals surface area contributed by atoms with Crippen LogP contribution in [0, 0.1) is 0 Å². The summed E-state index contributed by atoms with van der Waals surface area (Å²) in [4.78, 5) is 40.6. The van der Waals surface area contributed by atoms with E-state index >= 15 is 0 Å². The number of carbonyl (C=O) groups excluding carboxylic acids is 2. The lowest BCUT2D eigenvalue weighted by Gasteiger charge is -2.40. The molecule has 3 heterocycles. The first kappa shape index (κ1) is 23.0. The fraction of sp³-hybridized carbons (Fsp3) is 0.684. The average molecular weight is 435 g/mol. The number of nitrogens with zero attached hydrogens (tertiary/aromatic N) is 4. The van der Waals surface area contributed by atoms with Gasteiger partial charge in [0.15, 0.2) is 18.1 Å². The number of aliphatic hydroxyl groups is 2. The Bertz CT molecular complexity index is 797. The van der Waals surface area contributed by atoms with E-state index in [0.717, 1.165) is 19.3 Å². The number of unbranched alkanes of at least 4 members (excludes halogenated alkanes) is 2. The molecular weight excluding hydrogens is 406 g/mol.